The Balaban J connectivity index is 0.00000225. The van der Waals surface area contributed by atoms with Crippen LogP contribution in [0.15, 0.2) is 24.3 Å². The maximum absolute atomic E-state index is 12.3. The SMILES string of the molecule is CC(C)[C@H](N)C(=O)N1CCC(Oc2nc3ccccc3n2C)CC1.Cl. The first kappa shape index (κ1) is 19.5. The fourth-order valence-corrected chi connectivity index (χ4v) is 3.07. The van der Waals surface area contributed by atoms with E-state index in [2.05, 4.69) is 4.98 Å². The van der Waals surface area contributed by atoms with Crippen molar-refractivity contribution >= 4 is 29.3 Å². The monoisotopic (exact) mass is 366 g/mol. The Morgan fingerprint density at radius 1 is 1.28 bits per heavy atom. The maximum atomic E-state index is 12.3. The van der Waals surface area contributed by atoms with E-state index < -0.39 is 6.04 Å². The summed E-state index contributed by atoms with van der Waals surface area (Å²) in [5.41, 5.74) is 7.97. The van der Waals surface area contributed by atoms with E-state index in [9.17, 15) is 4.79 Å². The lowest BCUT2D eigenvalue weighted by atomic mass is 10.0. The molecule has 1 aromatic heterocycles. The second-order valence-corrected chi connectivity index (χ2v) is 6.85. The number of ether oxygens (including phenoxy) is 1. The predicted octanol–water partition coefficient (Wildman–Crippen LogP) is 2.35. The number of hydrogen-bond acceptors (Lipinski definition) is 4. The van der Waals surface area contributed by atoms with Crippen LogP contribution in [0.2, 0.25) is 0 Å². The van der Waals surface area contributed by atoms with Crippen LogP contribution >= 0.6 is 12.4 Å². The van der Waals surface area contributed by atoms with E-state index in [1.54, 1.807) is 0 Å². The molecule has 6 nitrogen and oxygen atoms in total. The van der Waals surface area contributed by atoms with E-state index in [1.807, 2.05) is 54.6 Å². The summed E-state index contributed by atoms with van der Waals surface area (Å²) in [4.78, 5) is 18.7. The Kier molecular flexibility index (Phi) is 6.30. The van der Waals surface area contributed by atoms with Crippen molar-refractivity contribution in [3.8, 4) is 6.01 Å². The second-order valence-electron chi connectivity index (χ2n) is 6.85. The number of aromatic nitrogens is 2. The predicted molar refractivity (Wildman–Crippen MR) is 101 cm³/mol. The van der Waals surface area contributed by atoms with Crippen LogP contribution in [0, 0.1) is 5.92 Å². The van der Waals surface area contributed by atoms with Crippen LogP contribution in [0.3, 0.4) is 0 Å². The van der Waals surface area contributed by atoms with Crippen LogP contribution in [0.5, 0.6) is 6.01 Å². The van der Waals surface area contributed by atoms with Crippen molar-refractivity contribution in [1.82, 2.24) is 14.5 Å². The number of carbonyl (C=O) groups is 1. The third-order valence-electron chi connectivity index (χ3n) is 4.78. The summed E-state index contributed by atoms with van der Waals surface area (Å²) in [6.07, 6.45) is 1.69. The number of imidazole rings is 1. The summed E-state index contributed by atoms with van der Waals surface area (Å²) in [7, 11) is 1.96. The van der Waals surface area contributed by atoms with Crippen molar-refractivity contribution in [2.45, 2.75) is 38.8 Å². The zero-order chi connectivity index (χ0) is 17.3. The molecule has 2 heterocycles. The van der Waals surface area contributed by atoms with Gasteiger partial charge in [-0.05, 0) is 18.1 Å². The lowest BCUT2D eigenvalue weighted by molar-refractivity contribution is -0.135. The number of hydrogen-bond donors (Lipinski definition) is 1. The molecule has 0 radical (unpaired) electrons. The van der Waals surface area contributed by atoms with Crippen LogP contribution in [0.25, 0.3) is 11.0 Å². The topological polar surface area (TPSA) is 73.4 Å². The van der Waals surface area contributed by atoms with Crippen molar-refractivity contribution in [3.63, 3.8) is 0 Å². The molecular weight excluding hydrogens is 340 g/mol. The fourth-order valence-electron chi connectivity index (χ4n) is 3.07. The maximum Gasteiger partial charge on any atom is 0.297 e. The van der Waals surface area contributed by atoms with E-state index in [0.29, 0.717) is 19.1 Å². The highest BCUT2D eigenvalue weighted by molar-refractivity contribution is 5.85. The van der Waals surface area contributed by atoms with Gasteiger partial charge in [0.25, 0.3) is 6.01 Å². The number of benzene rings is 1. The Hall–Kier alpha value is -1.79. The molecule has 138 valence electrons. The average molecular weight is 367 g/mol. The Morgan fingerprint density at radius 2 is 1.92 bits per heavy atom. The molecule has 1 aromatic carbocycles. The number of halogens is 1. The van der Waals surface area contributed by atoms with Crippen LogP contribution < -0.4 is 10.5 Å². The first-order valence-corrected chi connectivity index (χ1v) is 8.60. The van der Waals surface area contributed by atoms with Gasteiger partial charge in [0.15, 0.2) is 0 Å². The number of piperidine rings is 1. The lowest BCUT2D eigenvalue weighted by Crippen LogP contribution is -2.50. The minimum absolute atomic E-state index is 0. The van der Waals surface area contributed by atoms with E-state index in [4.69, 9.17) is 10.5 Å². The first-order chi connectivity index (χ1) is 11.5. The van der Waals surface area contributed by atoms with Crippen molar-refractivity contribution < 1.29 is 9.53 Å². The smallest absolute Gasteiger partial charge is 0.297 e. The van der Waals surface area contributed by atoms with Crippen molar-refractivity contribution in [2.75, 3.05) is 13.1 Å². The fraction of sp³-hybridized carbons (Fsp3) is 0.556. The summed E-state index contributed by atoms with van der Waals surface area (Å²) in [5, 5.41) is 0. The molecule has 0 unspecified atom stereocenters. The largest absolute Gasteiger partial charge is 0.461 e. The number of nitrogens with two attached hydrogens (primary N) is 1. The summed E-state index contributed by atoms with van der Waals surface area (Å²) in [6.45, 7) is 5.33. The number of nitrogens with zero attached hydrogens (tertiary/aromatic N) is 3. The van der Waals surface area contributed by atoms with E-state index >= 15 is 0 Å². The van der Waals surface area contributed by atoms with Gasteiger partial charge in [0, 0.05) is 33.0 Å². The number of para-hydroxylation sites is 2. The molecule has 1 amide bonds. The normalized spacial score (nSPS) is 16.8. The molecule has 0 aliphatic carbocycles. The molecule has 1 fully saturated rings. The third-order valence-corrected chi connectivity index (χ3v) is 4.78. The molecule has 0 bridgehead atoms. The zero-order valence-electron chi connectivity index (χ0n) is 15.0. The van der Waals surface area contributed by atoms with Crippen molar-refractivity contribution in [3.05, 3.63) is 24.3 Å². The molecule has 1 aliphatic heterocycles. The van der Waals surface area contributed by atoms with Gasteiger partial charge in [-0.2, -0.15) is 4.98 Å². The molecule has 1 aliphatic rings. The van der Waals surface area contributed by atoms with Gasteiger partial charge in [-0.15, -0.1) is 12.4 Å². The van der Waals surface area contributed by atoms with E-state index in [1.165, 1.54) is 0 Å². The molecule has 7 heteroatoms. The first-order valence-electron chi connectivity index (χ1n) is 8.60. The van der Waals surface area contributed by atoms with Gasteiger partial charge >= 0.3 is 0 Å². The quantitative estimate of drug-likeness (QED) is 0.901. The molecule has 25 heavy (non-hydrogen) atoms. The molecule has 0 spiro atoms. The summed E-state index contributed by atoms with van der Waals surface area (Å²) in [5.74, 6) is 0.206. The molecule has 2 aromatic rings. The number of likely N-dealkylation sites (tertiary alicyclic amines) is 1. The summed E-state index contributed by atoms with van der Waals surface area (Å²) < 4.78 is 8.06. The second kappa shape index (κ2) is 8.06. The highest BCUT2D eigenvalue weighted by Crippen LogP contribution is 2.23. The van der Waals surface area contributed by atoms with Crippen molar-refractivity contribution in [1.29, 1.82) is 0 Å². The van der Waals surface area contributed by atoms with Crippen LogP contribution in [-0.2, 0) is 11.8 Å². The van der Waals surface area contributed by atoms with Gasteiger partial charge in [0.05, 0.1) is 17.1 Å². The number of fused-ring (bicyclic) bond motifs is 1. The van der Waals surface area contributed by atoms with Crippen LogP contribution in [0.1, 0.15) is 26.7 Å². The average Bonchev–Trinajstić information content (AvgIpc) is 2.90. The minimum atomic E-state index is -0.415. The number of carbonyl (C=O) groups excluding carboxylic acids is 1. The molecule has 0 saturated carbocycles. The van der Waals surface area contributed by atoms with Crippen molar-refractivity contribution in [2.24, 2.45) is 18.7 Å². The molecular formula is C18H27ClN4O2. The highest BCUT2D eigenvalue weighted by Gasteiger charge is 2.29. The Bertz CT molecular complexity index is 723. The van der Waals surface area contributed by atoms with Gasteiger partial charge < -0.3 is 15.4 Å². The molecule has 1 saturated heterocycles. The minimum Gasteiger partial charge on any atom is -0.461 e. The summed E-state index contributed by atoms with van der Waals surface area (Å²) >= 11 is 0. The Labute approximate surface area is 154 Å². The van der Waals surface area contributed by atoms with Gasteiger partial charge in [-0.1, -0.05) is 26.0 Å². The lowest BCUT2D eigenvalue weighted by Gasteiger charge is -2.34. The number of amides is 1. The Morgan fingerprint density at radius 3 is 2.52 bits per heavy atom. The molecule has 2 N–H and O–H groups in total. The molecule has 3 rings (SSSR count). The van der Waals surface area contributed by atoms with Gasteiger partial charge in [-0.3, -0.25) is 9.36 Å². The van der Waals surface area contributed by atoms with Gasteiger partial charge in [0.2, 0.25) is 5.91 Å². The van der Waals surface area contributed by atoms with E-state index in [-0.39, 0.29) is 30.3 Å². The standard InChI is InChI=1S/C18H26N4O2.ClH/c1-12(2)16(19)17(23)22-10-8-13(9-11-22)24-18-20-14-6-4-5-7-15(14)21(18)3;/h4-7,12-13,16H,8-11,19H2,1-3H3;1H/t16-;/m0./s1. The van der Waals surface area contributed by atoms with Gasteiger partial charge in [-0.25, -0.2) is 0 Å². The van der Waals surface area contributed by atoms with Crippen LogP contribution in [-0.4, -0.2) is 45.6 Å². The number of aryl methyl sites for hydroxylation is 1. The zero-order valence-corrected chi connectivity index (χ0v) is 15.8. The summed E-state index contributed by atoms with van der Waals surface area (Å²) in [6, 6.07) is 8.21. The van der Waals surface area contributed by atoms with Gasteiger partial charge in [0.1, 0.15) is 6.10 Å². The van der Waals surface area contributed by atoms with Crippen LogP contribution in [0.4, 0.5) is 0 Å². The van der Waals surface area contributed by atoms with E-state index in [0.717, 1.165) is 23.9 Å². The number of rotatable bonds is 4. The molecule has 1 atom stereocenters. The third kappa shape index (κ3) is 4.07. The highest BCUT2D eigenvalue weighted by atomic mass is 35.5.